The second-order valence-corrected chi connectivity index (χ2v) is 5.73. The standard InChI is InChI=1S/C13H16BrN3O3/c14-10-3-4-11(15-6-10)16-13(20)9-2-1-5-17(7-9)8-12(18)19/h3-4,6,9H,1-2,5,7-8H2,(H,18,19)(H,15,16,20)/t9-/m1/s1. The lowest BCUT2D eigenvalue weighted by atomic mass is 9.97. The van der Waals surface area contributed by atoms with Crippen LogP contribution in [0.4, 0.5) is 5.82 Å². The quantitative estimate of drug-likeness (QED) is 0.868. The molecule has 7 heteroatoms. The lowest BCUT2D eigenvalue weighted by molar-refractivity contribution is -0.139. The number of carboxylic acid groups (broad SMARTS) is 1. The molecule has 0 aromatic carbocycles. The number of carboxylic acids is 1. The van der Waals surface area contributed by atoms with E-state index in [1.54, 1.807) is 23.2 Å². The van der Waals surface area contributed by atoms with Gasteiger partial charge in [0.05, 0.1) is 12.5 Å². The topological polar surface area (TPSA) is 82.5 Å². The van der Waals surface area contributed by atoms with E-state index >= 15 is 0 Å². The number of nitrogens with zero attached hydrogens (tertiary/aromatic N) is 2. The van der Waals surface area contributed by atoms with E-state index in [9.17, 15) is 9.59 Å². The Morgan fingerprint density at radius 3 is 2.95 bits per heavy atom. The number of hydrogen-bond acceptors (Lipinski definition) is 4. The van der Waals surface area contributed by atoms with Crippen LogP contribution in [0, 0.1) is 5.92 Å². The van der Waals surface area contributed by atoms with Crippen molar-refractivity contribution in [2.45, 2.75) is 12.8 Å². The van der Waals surface area contributed by atoms with Crippen molar-refractivity contribution >= 4 is 33.6 Å². The molecule has 1 aliphatic rings. The molecule has 1 amide bonds. The van der Waals surface area contributed by atoms with E-state index in [0.717, 1.165) is 23.9 Å². The molecular formula is C13H16BrN3O3. The van der Waals surface area contributed by atoms with Gasteiger partial charge in [-0.3, -0.25) is 14.5 Å². The maximum absolute atomic E-state index is 12.1. The van der Waals surface area contributed by atoms with E-state index in [-0.39, 0.29) is 18.4 Å². The van der Waals surface area contributed by atoms with Crippen molar-refractivity contribution in [1.82, 2.24) is 9.88 Å². The summed E-state index contributed by atoms with van der Waals surface area (Å²) in [5.41, 5.74) is 0. The highest BCUT2D eigenvalue weighted by Gasteiger charge is 2.26. The van der Waals surface area contributed by atoms with Gasteiger partial charge in [0, 0.05) is 17.2 Å². The molecule has 1 saturated heterocycles. The van der Waals surface area contributed by atoms with Crippen molar-refractivity contribution in [2.75, 3.05) is 25.0 Å². The minimum absolute atomic E-state index is 0.0136. The Morgan fingerprint density at radius 2 is 2.30 bits per heavy atom. The van der Waals surface area contributed by atoms with Crippen LogP contribution in [0.25, 0.3) is 0 Å². The molecule has 0 saturated carbocycles. The zero-order valence-corrected chi connectivity index (χ0v) is 12.5. The molecule has 1 fully saturated rings. The van der Waals surface area contributed by atoms with Gasteiger partial charge in [-0.2, -0.15) is 0 Å². The highest BCUT2D eigenvalue weighted by atomic mass is 79.9. The Labute approximate surface area is 125 Å². The maximum atomic E-state index is 12.1. The smallest absolute Gasteiger partial charge is 0.317 e. The van der Waals surface area contributed by atoms with Crippen LogP contribution in [0.15, 0.2) is 22.8 Å². The second-order valence-electron chi connectivity index (χ2n) is 4.82. The molecule has 1 aromatic rings. The van der Waals surface area contributed by atoms with Gasteiger partial charge in [0.2, 0.25) is 5.91 Å². The molecular weight excluding hydrogens is 326 g/mol. The summed E-state index contributed by atoms with van der Waals surface area (Å²) >= 11 is 3.28. The van der Waals surface area contributed by atoms with Gasteiger partial charge < -0.3 is 10.4 Å². The fourth-order valence-electron chi connectivity index (χ4n) is 2.28. The monoisotopic (exact) mass is 341 g/mol. The first kappa shape index (κ1) is 14.9. The maximum Gasteiger partial charge on any atom is 0.317 e. The van der Waals surface area contributed by atoms with Crippen molar-refractivity contribution in [1.29, 1.82) is 0 Å². The number of rotatable bonds is 4. The average Bonchev–Trinajstić information content (AvgIpc) is 2.41. The van der Waals surface area contributed by atoms with E-state index in [4.69, 9.17) is 5.11 Å². The first-order valence-electron chi connectivity index (χ1n) is 6.41. The van der Waals surface area contributed by atoms with Crippen LogP contribution >= 0.6 is 15.9 Å². The molecule has 0 bridgehead atoms. The van der Waals surface area contributed by atoms with Gasteiger partial charge in [-0.25, -0.2) is 4.98 Å². The minimum Gasteiger partial charge on any atom is -0.480 e. The number of nitrogens with one attached hydrogen (secondary N) is 1. The Kier molecular flexibility index (Phi) is 5.08. The molecule has 108 valence electrons. The van der Waals surface area contributed by atoms with Gasteiger partial charge in [-0.1, -0.05) is 0 Å². The molecule has 2 heterocycles. The molecule has 1 atom stereocenters. The normalized spacial score (nSPS) is 19.6. The summed E-state index contributed by atoms with van der Waals surface area (Å²) in [6.07, 6.45) is 3.23. The van der Waals surface area contributed by atoms with Crippen molar-refractivity contribution in [3.8, 4) is 0 Å². The number of likely N-dealkylation sites (tertiary alicyclic amines) is 1. The van der Waals surface area contributed by atoms with Crippen molar-refractivity contribution < 1.29 is 14.7 Å². The summed E-state index contributed by atoms with van der Waals surface area (Å²) in [7, 11) is 0. The summed E-state index contributed by atoms with van der Waals surface area (Å²) in [5, 5.41) is 11.6. The third kappa shape index (κ3) is 4.28. The Hall–Kier alpha value is -1.47. The van der Waals surface area contributed by atoms with Gasteiger partial charge in [0.25, 0.3) is 0 Å². The third-order valence-electron chi connectivity index (χ3n) is 3.21. The van der Waals surface area contributed by atoms with Crippen molar-refractivity contribution in [2.24, 2.45) is 5.92 Å². The summed E-state index contributed by atoms with van der Waals surface area (Å²) in [4.78, 5) is 28.7. The molecule has 1 aromatic heterocycles. The van der Waals surface area contributed by atoms with Crippen molar-refractivity contribution in [3.05, 3.63) is 22.8 Å². The molecule has 0 unspecified atom stereocenters. The number of carbonyl (C=O) groups excluding carboxylic acids is 1. The number of piperidine rings is 1. The summed E-state index contributed by atoms with van der Waals surface area (Å²) in [5.74, 6) is -0.641. The molecule has 2 N–H and O–H groups in total. The molecule has 0 aliphatic carbocycles. The van der Waals surface area contributed by atoms with E-state index in [0.29, 0.717) is 12.4 Å². The van der Waals surface area contributed by atoms with Crippen molar-refractivity contribution in [3.63, 3.8) is 0 Å². The molecule has 1 aliphatic heterocycles. The minimum atomic E-state index is -0.861. The molecule has 0 radical (unpaired) electrons. The lowest BCUT2D eigenvalue weighted by Crippen LogP contribution is -2.42. The van der Waals surface area contributed by atoms with Crippen LogP contribution in [0.3, 0.4) is 0 Å². The van der Waals surface area contributed by atoms with E-state index in [1.807, 2.05) is 0 Å². The van der Waals surface area contributed by atoms with Gasteiger partial charge in [-0.15, -0.1) is 0 Å². The summed E-state index contributed by atoms with van der Waals surface area (Å²) in [6.45, 7) is 1.20. The van der Waals surface area contributed by atoms with Crippen LogP contribution in [0.2, 0.25) is 0 Å². The molecule has 20 heavy (non-hydrogen) atoms. The first-order chi connectivity index (χ1) is 9.54. The third-order valence-corrected chi connectivity index (χ3v) is 3.68. The Balaban J connectivity index is 1.91. The highest BCUT2D eigenvalue weighted by molar-refractivity contribution is 9.10. The number of halogens is 1. The number of aromatic nitrogens is 1. The lowest BCUT2D eigenvalue weighted by Gasteiger charge is -2.30. The number of aliphatic carboxylic acids is 1. The molecule has 0 spiro atoms. The van der Waals surface area contributed by atoms with E-state index in [1.165, 1.54) is 0 Å². The summed E-state index contributed by atoms with van der Waals surface area (Å²) in [6, 6.07) is 3.53. The summed E-state index contributed by atoms with van der Waals surface area (Å²) < 4.78 is 0.848. The number of carbonyl (C=O) groups is 2. The molecule has 2 rings (SSSR count). The van der Waals surface area contributed by atoms with Gasteiger partial charge in [-0.05, 0) is 47.4 Å². The zero-order chi connectivity index (χ0) is 14.5. The van der Waals surface area contributed by atoms with Crippen LogP contribution in [-0.4, -0.2) is 46.5 Å². The zero-order valence-electron chi connectivity index (χ0n) is 10.9. The highest BCUT2D eigenvalue weighted by Crippen LogP contribution is 2.18. The van der Waals surface area contributed by atoms with Crippen LogP contribution in [0.1, 0.15) is 12.8 Å². The molecule has 6 nitrogen and oxygen atoms in total. The van der Waals surface area contributed by atoms with E-state index < -0.39 is 5.97 Å². The Bertz CT molecular complexity index is 492. The number of anilines is 1. The number of pyridine rings is 1. The fourth-order valence-corrected chi connectivity index (χ4v) is 2.52. The van der Waals surface area contributed by atoms with Gasteiger partial charge in [0.1, 0.15) is 5.82 Å². The predicted octanol–water partition coefficient (Wildman–Crippen LogP) is 1.58. The van der Waals surface area contributed by atoms with Crippen LogP contribution < -0.4 is 5.32 Å². The number of hydrogen-bond donors (Lipinski definition) is 2. The SMILES string of the molecule is O=C(O)CN1CCC[C@@H](C(=O)Nc2ccc(Br)cn2)C1. The number of amides is 1. The van der Waals surface area contributed by atoms with Gasteiger partial charge >= 0.3 is 5.97 Å². The van der Waals surface area contributed by atoms with E-state index in [2.05, 4.69) is 26.2 Å². The predicted molar refractivity (Wildman–Crippen MR) is 77.4 cm³/mol. The second kappa shape index (κ2) is 6.81. The average molecular weight is 342 g/mol. The largest absolute Gasteiger partial charge is 0.480 e. The Morgan fingerprint density at radius 1 is 1.50 bits per heavy atom. The fraction of sp³-hybridized carbons (Fsp3) is 0.462. The van der Waals surface area contributed by atoms with Crippen LogP contribution in [0.5, 0.6) is 0 Å². The van der Waals surface area contributed by atoms with Crippen LogP contribution in [-0.2, 0) is 9.59 Å². The van der Waals surface area contributed by atoms with Gasteiger partial charge in [0.15, 0.2) is 0 Å². The first-order valence-corrected chi connectivity index (χ1v) is 7.20.